The Hall–Kier alpha value is -3.07. The van der Waals surface area contributed by atoms with Crippen molar-refractivity contribution in [2.45, 2.75) is 13.1 Å². The Labute approximate surface area is 169 Å². The minimum Gasteiger partial charge on any atom is -0.493 e. The van der Waals surface area contributed by atoms with Crippen molar-refractivity contribution in [3.8, 4) is 22.1 Å². The molecule has 0 aliphatic rings. The molecule has 2 aromatic carbocycles. The van der Waals surface area contributed by atoms with Gasteiger partial charge in [-0.25, -0.2) is 4.98 Å². The number of alkyl halides is 3. The molecule has 0 radical (unpaired) electrons. The minimum absolute atomic E-state index is 0.0436. The fourth-order valence-corrected chi connectivity index (χ4v) is 3.35. The third kappa shape index (κ3) is 4.86. The van der Waals surface area contributed by atoms with Crippen LogP contribution in [0.5, 0.6) is 11.5 Å². The molecule has 0 aliphatic carbocycles. The summed E-state index contributed by atoms with van der Waals surface area (Å²) in [6.45, 7) is 2.36. The lowest BCUT2D eigenvalue weighted by Gasteiger charge is -2.10. The van der Waals surface area contributed by atoms with E-state index in [-0.39, 0.29) is 11.4 Å². The number of hydrogen-bond donors (Lipinski definition) is 1. The summed E-state index contributed by atoms with van der Waals surface area (Å²) in [5, 5.41) is 4.56. The van der Waals surface area contributed by atoms with E-state index in [0.717, 1.165) is 17.7 Å². The molecule has 5 nitrogen and oxygen atoms in total. The van der Waals surface area contributed by atoms with Crippen LogP contribution in [0.3, 0.4) is 0 Å². The number of nitrogens with one attached hydrogen (secondary N) is 1. The molecule has 9 heteroatoms. The maximum atomic E-state index is 12.8. The molecule has 0 spiro atoms. The van der Waals surface area contributed by atoms with Crippen LogP contribution in [0.25, 0.3) is 10.6 Å². The van der Waals surface area contributed by atoms with Crippen molar-refractivity contribution in [1.82, 2.24) is 4.98 Å². The number of aromatic nitrogens is 1. The van der Waals surface area contributed by atoms with Crippen LogP contribution < -0.4 is 14.8 Å². The maximum Gasteiger partial charge on any atom is 0.416 e. The standard InChI is InChI=1S/C20H17F3N2O3S/c1-3-28-16-8-7-12(9-17(16)27-2)19-25-15(11-29-19)18(26)24-14-6-4-5-13(10-14)20(21,22)23/h4-11H,3H2,1-2H3,(H,24,26). The molecule has 29 heavy (non-hydrogen) atoms. The second-order valence-electron chi connectivity index (χ2n) is 5.87. The van der Waals surface area contributed by atoms with E-state index in [1.165, 1.54) is 30.6 Å². The van der Waals surface area contributed by atoms with E-state index in [1.54, 1.807) is 23.6 Å². The van der Waals surface area contributed by atoms with E-state index in [2.05, 4.69) is 10.3 Å². The quantitative estimate of drug-likeness (QED) is 0.571. The number of hydrogen-bond acceptors (Lipinski definition) is 5. The molecule has 1 aromatic heterocycles. The Balaban J connectivity index is 1.79. The van der Waals surface area contributed by atoms with E-state index in [4.69, 9.17) is 9.47 Å². The predicted octanol–water partition coefficient (Wildman–Crippen LogP) is 5.49. The fourth-order valence-electron chi connectivity index (χ4n) is 2.55. The number of ether oxygens (including phenoxy) is 2. The van der Waals surface area contributed by atoms with Crippen molar-refractivity contribution in [3.63, 3.8) is 0 Å². The van der Waals surface area contributed by atoms with Crippen LogP contribution in [0.15, 0.2) is 47.8 Å². The normalized spacial score (nSPS) is 11.2. The topological polar surface area (TPSA) is 60.5 Å². The molecule has 152 valence electrons. The molecule has 0 saturated carbocycles. The molecule has 3 aromatic rings. The monoisotopic (exact) mass is 422 g/mol. The molecular weight excluding hydrogens is 405 g/mol. The Bertz CT molecular complexity index is 1020. The van der Waals surface area contributed by atoms with Gasteiger partial charge in [-0.15, -0.1) is 11.3 Å². The Morgan fingerprint density at radius 3 is 2.66 bits per heavy atom. The van der Waals surface area contributed by atoms with E-state index in [1.807, 2.05) is 6.92 Å². The van der Waals surface area contributed by atoms with Gasteiger partial charge in [0.2, 0.25) is 0 Å². The van der Waals surface area contributed by atoms with Gasteiger partial charge in [-0.05, 0) is 43.3 Å². The van der Waals surface area contributed by atoms with Crippen LogP contribution in [-0.2, 0) is 6.18 Å². The van der Waals surface area contributed by atoms with E-state index in [0.29, 0.717) is 23.1 Å². The summed E-state index contributed by atoms with van der Waals surface area (Å²) in [6, 6.07) is 9.73. The third-order valence-electron chi connectivity index (χ3n) is 3.90. The van der Waals surface area contributed by atoms with Gasteiger partial charge < -0.3 is 14.8 Å². The molecule has 1 amide bonds. The highest BCUT2D eigenvalue weighted by atomic mass is 32.1. The zero-order valence-corrected chi connectivity index (χ0v) is 16.4. The summed E-state index contributed by atoms with van der Waals surface area (Å²) in [5.41, 5.74) is 0.0431. The first-order valence-corrected chi connectivity index (χ1v) is 9.45. The zero-order chi connectivity index (χ0) is 21.0. The molecule has 0 fully saturated rings. The first kappa shape index (κ1) is 20.7. The summed E-state index contributed by atoms with van der Waals surface area (Å²) in [5.74, 6) is 0.539. The molecule has 0 atom stereocenters. The lowest BCUT2D eigenvalue weighted by Crippen LogP contribution is -2.13. The molecule has 0 unspecified atom stereocenters. The first-order chi connectivity index (χ1) is 13.8. The summed E-state index contributed by atoms with van der Waals surface area (Å²) < 4.78 is 49.2. The number of amides is 1. The average molecular weight is 422 g/mol. The van der Waals surface area contributed by atoms with E-state index in [9.17, 15) is 18.0 Å². The van der Waals surface area contributed by atoms with Crippen LogP contribution in [0.4, 0.5) is 18.9 Å². The highest BCUT2D eigenvalue weighted by Gasteiger charge is 2.30. The second-order valence-corrected chi connectivity index (χ2v) is 6.73. The van der Waals surface area contributed by atoms with Gasteiger partial charge in [0.1, 0.15) is 10.7 Å². The average Bonchev–Trinajstić information content (AvgIpc) is 3.18. The number of halogens is 3. The van der Waals surface area contributed by atoms with Crippen molar-refractivity contribution >= 4 is 22.9 Å². The summed E-state index contributed by atoms with van der Waals surface area (Å²) >= 11 is 1.24. The number of anilines is 1. The summed E-state index contributed by atoms with van der Waals surface area (Å²) in [6.07, 6.45) is -4.48. The second kappa shape index (κ2) is 8.52. The number of rotatable bonds is 6. The van der Waals surface area contributed by atoms with Crippen LogP contribution in [0.2, 0.25) is 0 Å². The largest absolute Gasteiger partial charge is 0.493 e. The number of nitrogens with zero attached hydrogens (tertiary/aromatic N) is 1. The number of carbonyl (C=O) groups is 1. The highest BCUT2D eigenvalue weighted by molar-refractivity contribution is 7.13. The fraction of sp³-hybridized carbons (Fsp3) is 0.200. The minimum atomic E-state index is -4.48. The number of carbonyl (C=O) groups excluding carboxylic acids is 1. The van der Waals surface area contributed by atoms with Crippen molar-refractivity contribution in [2.75, 3.05) is 19.0 Å². The number of benzene rings is 2. The summed E-state index contributed by atoms with van der Waals surface area (Å²) in [4.78, 5) is 16.7. The Morgan fingerprint density at radius 2 is 1.97 bits per heavy atom. The Kier molecular flexibility index (Phi) is 6.07. The maximum absolute atomic E-state index is 12.8. The zero-order valence-electron chi connectivity index (χ0n) is 15.5. The van der Waals surface area contributed by atoms with Crippen molar-refractivity contribution < 1.29 is 27.4 Å². The van der Waals surface area contributed by atoms with Gasteiger partial charge in [-0.3, -0.25) is 4.79 Å². The van der Waals surface area contributed by atoms with Crippen LogP contribution in [0.1, 0.15) is 23.0 Å². The smallest absolute Gasteiger partial charge is 0.416 e. The van der Waals surface area contributed by atoms with Crippen molar-refractivity contribution in [2.24, 2.45) is 0 Å². The SMILES string of the molecule is CCOc1ccc(-c2nc(C(=O)Nc3cccc(C(F)(F)F)c3)cs2)cc1OC. The van der Waals surface area contributed by atoms with E-state index < -0.39 is 17.6 Å². The third-order valence-corrected chi connectivity index (χ3v) is 4.79. The lowest BCUT2D eigenvalue weighted by atomic mass is 10.2. The predicted molar refractivity (Wildman–Crippen MR) is 105 cm³/mol. The lowest BCUT2D eigenvalue weighted by molar-refractivity contribution is -0.137. The van der Waals surface area contributed by atoms with Crippen LogP contribution in [-0.4, -0.2) is 24.6 Å². The van der Waals surface area contributed by atoms with Crippen LogP contribution in [0, 0.1) is 0 Å². The first-order valence-electron chi connectivity index (χ1n) is 8.57. The van der Waals surface area contributed by atoms with Gasteiger partial charge in [0.25, 0.3) is 5.91 Å². The van der Waals surface area contributed by atoms with Crippen molar-refractivity contribution in [1.29, 1.82) is 0 Å². The van der Waals surface area contributed by atoms with Crippen LogP contribution >= 0.6 is 11.3 Å². The Morgan fingerprint density at radius 1 is 1.17 bits per heavy atom. The number of methoxy groups -OCH3 is 1. The highest BCUT2D eigenvalue weighted by Crippen LogP contribution is 2.34. The van der Waals surface area contributed by atoms with Gasteiger partial charge in [-0.2, -0.15) is 13.2 Å². The molecule has 1 heterocycles. The van der Waals surface area contributed by atoms with Gasteiger partial charge in [0.15, 0.2) is 11.5 Å². The molecular formula is C20H17F3N2O3S. The number of thiazole rings is 1. The molecule has 3 rings (SSSR count). The van der Waals surface area contributed by atoms with Gasteiger partial charge in [0, 0.05) is 16.6 Å². The van der Waals surface area contributed by atoms with E-state index >= 15 is 0 Å². The molecule has 0 aliphatic heterocycles. The molecule has 0 bridgehead atoms. The van der Waals surface area contributed by atoms with Gasteiger partial charge >= 0.3 is 6.18 Å². The summed E-state index contributed by atoms with van der Waals surface area (Å²) in [7, 11) is 1.53. The molecule has 0 saturated heterocycles. The van der Waals surface area contributed by atoms with Gasteiger partial charge in [0.05, 0.1) is 19.3 Å². The van der Waals surface area contributed by atoms with Crippen molar-refractivity contribution in [3.05, 3.63) is 59.1 Å². The van der Waals surface area contributed by atoms with Gasteiger partial charge in [-0.1, -0.05) is 6.07 Å². The molecule has 1 N–H and O–H groups in total.